The number of allylic oxidation sites excluding steroid dienone is 1. The number of hydrogen-bond acceptors (Lipinski definition) is 2. The standard InChI is InChI=1S/C12H16ClNO/c1-3-4-7-15-12-6-5-10(9(2)14)8-11(12)13/h3-6,8-9H,7,14H2,1-2H3/b4-3+/t9-/m1/s1. The van der Waals surface area contributed by atoms with E-state index in [1.807, 2.05) is 44.2 Å². The van der Waals surface area contributed by atoms with Crippen molar-refractivity contribution in [3.05, 3.63) is 40.9 Å². The molecule has 0 saturated heterocycles. The highest BCUT2D eigenvalue weighted by atomic mass is 35.5. The Hall–Kier alpha value is -0.990. The van der Waals surface area contributed by atoms with E-state index in [2.05, 4.69) is 0 Å². The minimum atomic E-state index is -0.00733. The van der Waals surface area contributed by atoms with Crippen molar-refractivity contribution in [3.8, 4) is 5.75 Å². The molecule has 1 rings (SSSR count). The lowest BCUT2D eigenvalue weighted by atomic mass is 10.1. The number of halogens is 1. The quantitative estimate of drug-likeness (QED) is 0.798. The van der Waals surface area contributed by atoms with Crippen LogP contribution in [-0.4, -0.2) is 6.61 Å². The van der Waals surface area contributed by atoms with Gasteiger partial charge in [0.1, 0.15) is 12.4 Å². The Morgan fingerprint density at radius 3 is 2.80 bits per heavy atom. The summed E-state index contributed by atoms with van der Waals surface area (Å²) >= 11 is 6.05. The molecule has 82 valence electrons. The SMILES string of the molecule is C/C=C/COc1ccc([C@@H](C)N)cc1Cl. The third-order valence-electron chi connectivity index (χ3n) is 2.05. The summed E-state index contributed by atoms with van der Waals surface area (Å²) in [6, 6.07) is 5.62. The van der Waals surface area contributed by atoms with Gasteiger partial charge in [-0.3, -0.25) is 0 Å². The number of ether oxygens (including phenoxy) is 1. The van der Waals surface area contributed by atoms with Crippen LogP contribution in [0.25, 0.3) is 0 Å². The number of nitrogens with two attached hydrogens (primary N) is 1. The van der Waals surface area contributed by atoms with Crippen molar-refractivity contribution in [2.45, 2.75) is 19.9 Å². The summed E-state index contributed by atoms with van der Waals surface area (Å²) in [4.78, 5) is 0. The molecule has 0 amide bonds. The monoisotopic (exact) mass is 225 g/mol. The van der Waals surface area contributed by atoms with Crippen molar-refractivity contribution < 1.29 is 4.74 Å². The second kappa shape index (κ2) is 5.79. The molecule has 3 heteroatoms. The van der Waals surface area contributed by atoms with Crippen molar-refractivity contribution in [2.75, 3.05) is 6.61 Å². The van der Waals surface area contributed by atoms with Gasteiger partial charge >= 0.3 is 0 Å². The first-order valence-electron chi connectivity index (χ1n) is 4.94. The Balaban J connectivity index is 2.74. The van der Waals surface area contributed by atoms with Crippen molar-refractivity contribution in [2.24, 2.45) is 5.73 Å². The van der Waals surface area contributed by atoms with E-state index in [-0.39, 0.29) is 6.04 Å². The molecule has 0 bridgehead atoms. The fourth-order valence-electron chi connectivity index (χ4n) is 1.15. The molecule has 0 aliphatic rings. The zero-order valence-corrected chi connectivity index (χ0v) is 9.79. The summed E-state index contributed by atoms with van der Waals surface area (Å²) in [7, 11) is 0. The molecule has 2 nitrogen and oxygen atoms in total. The Morgan fingerprint density at radius 1 is 1.53 bits per heavy atom. The molecular weight excluding hydrogens is 210 g/mol. The summed E-state index contributed by atoms with van der Waals surface area (Å²) in [6.45, 7) is 4.41. The number of benzene rings is 1. The predicted octanol–water partition coefficient (Wildman–Crippen LogP) is 3.31. The van der Waals surface area contributed by atoms with E-state index in [1.54, 1.807) is 0 Å². The normalized spacial score (nSPS) is 13.1. The maximum absolute atomic E-state index is 6.05. The van der Waals surface area contributed by atoms with Crippen LogP contribution in [0, 0.1) is 0 Å². The highest BCUT2D eigenvalue weighted by molar-refractivity contribution is 6.32. The Bertz CT molecular complexity index is 347. The summed E-state index contributed by atoms with van der Waals surface area (Å²) in [5, 5.41) is 0.606. The Kier molecular flexibility index (Phi) is 4.66. The van der Waals surface area contributed by atoms with Gasteiger partial charge in [0.05, 0.1) is 5.02 Å². The second-order valence-electron chi connectivity index (χ2n) is 3.36. The van der Waals surface area contributed by atoms with Gasteiger partial charge in [0.15, 0.2) is 0 Å². The van der Waals surface area contributed by atoms with Gasteiger partial charge in [0, 0.05) is 6.04 Å². The summed E-state index contributed by atoms with van der Waals surface area (Å²) in [5.41, 5.74) is 6.76. The first-order valence-corrected chi connectivity index (χ1v) is 5.32. The summed E-state index contributed by atoms with van der Waals surface area (Å²) in [6.07, 6.45) is 3.86. The van der Waals surface area contributed by atoms with E-state index in [4.69, 9.17) is 22.1 Å². The fourth-order valence-corrected chi connectivity index (χ4v) is 1.40. The lowest BCUT2D eigenvalue weighted by Crippen LogP contribution is -2.05. The highest BCUT2D eigenvalue weighted by Gasteiger charge is 2.04. The minimum absolute atomic E-state index is 0.00733. The van der Waals surface area contributed by atoms with Gasteiger partial charge < -0.3 is 10.5 Å². The molecule has 0 heterocycles. The zero-order chi connectivity index (χ0) is 11.3. The van der Waals surface area contributed by atoms with Crippen LogP contribution in [0.1, 0.15) is 25.5 Å². The van der Waals surface area contributed by atoms with Crippen molar-refractivity contribution >= 4 is 11.6 Å². The molecule has 1 aromatic rings. The van der Waals surface area contributed by atoms with E-state index in [0.29, 0.717) is 17.4 Å². The lowest BCUT2D eigenvalue weighted by molar-refractivity contribution is 0.363. The van der Waals surface area contributed by atoms with Crippen LogP contribution in [0.4, 0.5) is 0 Å². The van der Waals surface area contributed by atoms with Gasteiger partial charge in [-0.25, -0.2) is 0 Å². The van der Waals surface area contributed by atoms with Gasteiger partial charge in [-0.2, -0.15) is 0 Å². The van der Waals surface area contributed by atoms with Gasteiger partial charge in [-0.15, -0.1) is 0 Å². The molecule has 0 spiro atoms. The van der Waals surface area contributed by atoms with Gasteiger partial charge in [0.25, 0.3) is 0 Å². The van der Waals surface area contributed by atoms with Crippen LogP contribution in [0.2, 0.25) is 5.02 Å². The Labute approximate surface area is 95.7 Å². The van der Waals surface area contributed by atoms with Gasteiger partial charge in [0.2, 0.25) is 0 Å². The highest BCUT2D eigenvalue weighted by Crippen LogP contribution is 2.27. The maximum atomic E-state index is 6.05. The first kappa shape index (κ1) is 12.1. The molecule has 0 fully saturated rings. The molecule has 0 unspecified atom stereocenters. The third-order valence-corrected chi connectivity index (χ3v) is 2.35. The maximum Gasteiger partial charge on any atom is 0.138 e. The minimum Gasteiger partial charge on any atom is -0.488 e. The van der Waals surface area contributed by atoms with Crippen LogP contribution in [0.5, 0.6) is 5.75 Å². The molecule has 0 aliphatic carbocycles. The van der Waals surface area contributed by atoms with E-state index >= 15 is 0 Å². The largest absolute Gasteiger partial charge is 0.488 e. The van der Waals surface area contributed by atoms with E-state index in [9.17, 15) is 0 Å². The van der Waals surface area contributed by atoms with Gasteiger partial charge in [-0.1, -0.05) is 29.8 Å². The number of rotatable bonds is 4. The first-order chi connectivity index (χ1) is 7.15. The topological polar surface area (TPSA) is 35.2 Å². The van der Waals surface area contributed by atoms with Crippen LogP contribution in [0.15, 0.2) is 30.4 Å². The average Bonchev–Trinajstić information content (AvgIpc) is 2.20. The molecule has 0 aliphatic heterocycles. The smallest absolute Gasteiger partial charge is 0.138 e. The molecular formula is C12H16ClNO. The molecule has 0 aromatic heterocycles. The van der Waals surface area contributed by atoms with Crippen LogP contribution in [-0.2, 0) is 0 Å². The Morgan fingerprint density at radius 2 is 2.27 bits per heavy atom. The third kappa shape index (κ3) is 3.57. The molecule has 0 saturated carbocycles. The predicted molar refractivity (Wildman–Crippen MR) is 64.4 cm³/mol. The molecule has 0 radical (unpaired) electrons. The van der Waals surface area contributed by atoms with Crippen LogP contribution >= 0.6 is 11.6 Å². The molecule has 15 heavy (non-hydrogen) atoms. The lowest BCUT2D eigenvalue weighted by Gasteiger charge is -2.09. The van der Waals surface area contributed by atoms with E-state index in [1.165, 1.54) is 0 Å². The van der Waals surface area contributed by atoms with Crippen LogP contribution < -0.4 is 10.5 Å². The van der Waals surface area contributed by atoms with Crippen LogP contribution in [0.3, 0.4) is 0 Å². The van der Waals surface area contributed by atoms with Crippen molar-refractivity contribution in [3.63, 3.8) is 0 Å². The fraction of sp³-hybridized carbons (Fsp3) is 0.333. The average molecular weight is 226 g/mol. The zero-order valence-electron chi connectivity index (χ0n) is 9.03. The summed E-state index contributed by atoms with van der Waals surface area (Å²) in [5.74, 6) is 0.694. The van der Waals surface area contributed by atoms with Crippen molar-refractivity contribution in [1.82, 2.24) is 0 Å². The summed E-state index contributed by atoms with van der Waals surface area (Å²) < 4.78 is 5.45. The van der Waals surface area contributed by atoms with Crippen molar-refractivity contribution in [1.29, 1.82) is 0 Å². The van der Waals surface area contributed by atoms with Gasteiger partial charge in [-0.05, 0) is 31.5 Å². The molecule has 2 N–H and O–H groups in total. The second-order valence-corrected chi connectivity index (χ2v) is 3.77. The van der Waals surface area contributed by atoms with E-state index in [0.717, 1.165) is 5.56 Å². The molecule has 1 aromatic carbocycles. The van der Waals surface area contributed by atoms with E-state index < -0.39 is 0 Å². The number of hydrogen-bond donors (Lipinski definition) is 1. The molecule has 1 atom stereocenters.